The van der Waals surface area contributed by atoms with Crippen LogP contribution in [-0.2, 0) is 0 Å². The average molecular weight is 594 g/mol. The summed E-state index contributed by atoms with van der Waals surface area (Å²) >= 11 is 21.1. The zero-order chi connectivity index (χ0) is 25.3. The summed E-state index contributed by atoms with van der Waals surface area (Å²) < 4.78 is 7.71. The molecule has 0 saturated carbocycles. The molecule has 0 aliphatic heterocycles. The van der Waals surface area contributed by atoms with Gasteiger partial charge in [0, 0.05) is 34.5 Å². The molecule has 3 aromatic rings. The second-order valence-corrected chi connectivity index (χ2v) is 8.91. The molecule has 0 unspecified atom stereocenters. The third-order valence-electron chi connectivity index (χ3n) is 4.25. The summed E-state index contributed by atoms with van der Waals surface area (Å²) in [5.41, 5.74) is 5.44. The Balaban J connectivity index is 0.000000310. The van der Waals surface area contributed by atoms with E-state index in [0.717, 1.165) is 6.42 Å². The van der Waals surface area contributed by atoms with Crippen LogP contribution in [0, 0.1) is 10.1 Å². The lowest BCUT2D eigenvalue weighted by atomic mass is 10.3. The zero-order valence-electron chi connectivity index (χ0n) is 18.0. The Morgan fingerprint density at radius 3 is 2.44 bits per heavy atom. The smallest absolute Gasteiger partial charge is 0.329 e. The molecule has 0 radical (unpaired) electrons. The number of aromatic nitrogens is 2. The van der Waals surface area contributed by atoms with Gasteiger partial charge in [0.2, 0.25) is 0 Å². The molecule has 0 aliphatic rings. The van der Waals surface area contributed by atoms with Crippen LogP contribution in [0.1, 0.15) is 13.3 Å². The molecule has 1 heterocycles. The first-order valence-electron chi connectivity index (χ1n) is 9.88. The number of nitrogens with zero attached hydrogens (tertiary/aromatic N) is 4. The summed E-state index contributed by atoms with van der Waals surface area (Å²) in [6.45, 7) is 3.28. The van der Waals surface area contributed by atoms with E-state index in [9.17, 15) is 14.9 Å². The van der Waals surface area contributed by atoms with Gasteiger partial charge in [-0.1, -0.05) is 57.7 Å². The van der Waals surface area contributed by atoms with Crippen molar-refractivity contribution in [3.8, 4) is 5.75 Å². The van der Waals surface area contributed by atoms with Crippen LogP contribution >= 0.6 is 50.7 Å². The number of imidazole rings is 1. The molecular weight excluding hydrogens is 573 g/mol. The molecule has 0 bridgehead atoms. The van der Waals surface area contributed by atoms with E-state index in [4.69, 9.17) is 45.3 Å². The van der Waals surface area contributed by atoms with Crippen LogP contribution in [0.25, 0.3) is 0 Å². The second kappa shape index (κ2) is 13.4. The van der Waals surface area contributed by atoms with Gasteiger partial charge in [0.1, 0.15) is 18.6 Å². The van der Waals surface area contributed by atoms with Crippen molar-refractivity contribution in [3.63, 3.8) is 0 Å². The molecule has 3 rings (SSSR count). The van der Waals surface area contributed by atoms with E-state index >= 15 is 0 Å². The third kappa shape index (κ3) is 8.05. The highest BCUT2D eigenvalue weighted by atomic mass is 79.9. The molecule has 13 heteroatoms. The van der Waals surface area contributed by atoms with Gasteiger partial charge in [-0.15, -0.1) is 0 Å². The number of nitrogen functional groups attached to an aromatic ring is 1. The van der Waals surface area contributed by atoms with Gasteiger partial charge >= 0.3 is 6.03 Å². The standard InChI is InChI=1S/C15H16Cl3N3O2.C6H5BrN2O2/c1-2-4-20(15(22)21-5-3-19-10-21)6-7-23-14-12(17)8-11(16)9-13(14)18;7-4-1-2-5(8)6(3-4)9(10)11/h3,5,8-10H,2,4,6-7H2,1H3;1-3H,8H2. The van der Waals surface area contributed by atoms with Gasteiger partial charge in [-0.2, -0.15) is 0 Å². The van der Waals surface area contributed by atoms with Crippen molar-refractivity contribution in [2.75, 3.05) is 25.4 Å². The topological polar surface area (TPSA) is 117 Å². The summed E-state index contributed by atoms with van der Waals surface area (Å²) in [6, 6.07) is 7.48. The van der Waals surface area contributed by atoms with Crippen molar-refractivity contribution < 1.29 is 14.5 Å². The SMILES string of the molecule is CCCN(CCOc1c(Cl)cc(Cl)cc1Cl)C(=O)n1ccnc1.Nc1ccc(Br)cc1[N+](=O)[O-]. The van der Waals surface area contributed by atoms with Gasteiger partial charge in [-0.05, 0) is 30.7 Å². The Labute approximate surface area is 219 Å². The van der Waals surface area contributed by atoms with Crippen molar-refractivity contribution >= 4 is 68.1 Å². The van der Waals surface area contributed by atoms with E-state index in [2.05, 4.69) is 20.9 Å². The first kappa shape index (κ1) is 27.7. The summed E-state index contributed by atoms with van der Waals surface area (Å²) in [7, 11) is 0. The van der Waals surface area contributed by atoms with Crippen LogP contribution in [0.3, 0.4) is 0 Å². The maximum absolute atomic E-state index is 12.3. The number of ether oxygens (including phenoxy) is 1. The highest BCUT2D eigenvalue weighted by molar-refractivity contribution is 9.10. The van der Waals surface area contributed by atoms with E-state index in [1.165, 1.54) is 23.0 Å². The van der Waals surface area contributed by atoms with E-state index < -0.39 is 4.92 Å². The molecule has 34 heavy (non-hydrogen) atoms. The predicted octanol–water partition coefficient (Wildman–Crippen LogP) is 6.54. The number of halogens is 4. The molecule has 9 nitrogen and oxygen atoms in total. The fraction of sp³-hybridized carbons (Fsp3) is 0.238. The van der Waals surface area contributed by atoms with Gasteiger partial charge in [0.05, 0.1) is 21.5 Å². The number of carbonyl (C=O) groups excluding carboxylic acids is 1. The number of nitrogens with two attached hydrogens (primary N) is 1. The third-order valence-corrected chi connectivity index (χ3v) is 5.52. The van der Waals surface area contributed by atoms with Crippen LogP contribution in [0.15, 0.2) is 53.5 Å². The minimum Gasteiger partial charge on any atom is -0.489 e. The molecule has 0 saturated heterocycles. The Morgan fingerprint density at radius 2 is 1.91 bits per heavy atom. The van der Waals surface area contributed by atoms with E-state index in [1.807, 2.05) is 6.92 Å². The number of nitro benzene ring substituents is 1. The van der Waals surface area contributed by atoms with Gasteiger partial charge in [-0.25, -0.2) is 9.78 Å². The molecule has 0 spiro atoms. The number of hydrogen-bond donors (Lipinski definition) is 1. The van der Waals surface area contributed by atoms with E-state index in [-0.39, 0.29) is 24.0 Å². The summed E-state index contributed by atoms with van der Waals surface area (Å²) in [5, 5.41) is 11.4. The Morgan fingerprint density at radius 1 is 1.24 bits per heavy atom. The van der Waals surface area contributed by atoms with Crippen molar-refractivity contribution in [2.24, 2.45) is 0 Å². The number of anilines is 1. The van der Waals surface area contributed by atoms with Crippen LogP contribution in [0.2, 0.25) is 15.1 Å². The Hall–Kier alpha value is -2.53. The fourth-order valence-electron chi connectivity index (χ4n) is 2.71. The minimum absolute atomic E-state index is 0.0700. The zero-order valence-corrected chi connectivity index (χ0v) is 21.8. The first-order chi connectivity index (χ1) is 16.1. The number of rotatable bonds is 7. The van der Waals surface area contributed by atoms with Crippen molar-refractivity contribution in [3.05, 3.63) is 78.7 Å². The highest BCUT2D eigenvalue weighted by Crippen LogP contribution is 2.35. The normalized spacial score (nSPS) is 10.3. The molecule has 0 aliphatic carbocycles. The number of nitro groups is 1. The van der Waals surface area contributed by atoms with Gasteiger partial charge in [0.25, 0.3) is 5.69 Å². The lowest BCUT2D eigenvalue weighted by Gasteiger charge is -2.22. The summed E-state index contributed by atoms with van der Waals surface area (Å²) in [6.07, 6.45) is 5.48. The molecular formula is C21H21BrCl3N5O4. The van der Waals surface area contributed by atoms with Crippen molar-refractivity contribution in [1.82, 2.24) is 14.5 Å². The lowest BCUT2D eigenvalue weighted by Crippen LogP contribution is -2.37. The van der Waals surface area contributed by atoms with Crippen molar-refractivity contribution in [2.45, 2.75) is 13.3 Å². The average Bonchev–Trinajstić information content (AvgIpc) is 3.31. The highest BCUT2D eigenvalue weighted by Gasteiger charge is 2.15. The number of amides is 1. The fourth-order valence-corrected chi connectivity index (χ4v) is 3.98. The molecule has 1 aromatic heterocycles. The Bertz CT molecular complexity index is 1110. The monoisotopic (exact) mass is 591 g/mol. The molecule has 2 aromatic carbocycles. The Kier molecular flexibility index (Phi) is 10.9. The number of benzene rings is 2. The maximum Gasteiger partial charge on any atom is 0.329 e. The number of carbonyl (C=O) groups is 1. The van der Waals surface area contributed by atoms with Gasteiger partial charge < -0.3 is 15.4 Å². The largest absolute Gasteiger partial charge is 0.489 e. The molecule has 0 atom stereocenters. The van der Waals surface area contributed by atoms with E-state index in [0.29, 0.717) is 38.4 Å². The van der Waals surface area contributed by atoms with Gasteiger partial charge in [-0.3, -0.25) is 14.7 Å². The summed E-state index contributed by atoms with van der Waals surface area (Å²) in [5.74, 6) is 0.365. The first-order valence-corrected chi connectivity index (χ1v) is 11.8. The van der Waals surface area contributed by atoms with Crippen LogP contribution < -0.4 is 10.5 Å². The molecule has 0 fully saturated rings. The summed E-state index contributed by atoms with van der Waals surface area (Å²) in [4.78, 5) is 27.7. The second-order valence-electron chi connectivity index (χ2n) is 6.75. The molecule has 182 valence electrons. The van der Waals surface area contributed by atoms with Crippen LogP contribution in [0.5, 0.6) is 5.75 Å². The quantitative estimate of drug-likeness (QED) is 0.189. The van der Waals surface area contributed by atoms with E-state index in [1.54, 1.807) is 35.5 Å². The van der Waals surface area contributed by atoms with Crippen LogP contribution in [-0.4, -0.2) is 45.1 Å². The molecule has 2 N–H and O–H groups in total. The maximum atomic E-state index is 12.3. The predicted molar refractivity (Wildman–Crippen MR) is 137 cm³/mol. The van der Waals surface area contributed by atoms with Crippen molar-refractivity contribution in [1.29, 1.82) is 0 Å². The van der Waals surface area contributed by atoms with Gasteiger partial charge in [0.15, 0.2) is 5.75 Å². The number of hydrogen-bond acceptors (Lipinski definition) is 6. The van der Waals surface area contributed by atoms with Crippen LogP contribution in [0.4, 0.5) is 16.2 Å². The minimum atomic E-state index is -0.514. The molecule has 1 amide bonds. The lowest BCUT2D eigenvalue weighted by molar-refractivity contribution is -0.384.